The van der Waals surface area contributed by atoms with Crippen LogP contribution in [0.2, 0.25) is 0 Å². The average molecular weight is 460 g/mol. The number of carbonyl (C=O) groups is 1. The Hall–Kier alpha value is -1.38. The van der Waals surface area contributed by atoms with Crippen molar-refractivity contribution in [2.75, 3.05) is 33.6 Å². The van der Waals surface area contributed by atoms with Gasteiger partial charge in [-0.2, -0.15) is 11.8 Å². The van der Waals surface area contributed by atoms with Gasteiger partial charge >= 0.3 is 0 Å². The maximum atomic E-state index is 12.2. The van der Waals surface area contributed by atoms with E-state index in [1.54, 1.807) is 56.6 Å². The monoisotopic (exact) mass is 459 g/mol. The molecule has 1 heterocycles. The Balaban J connectivity index is 1.80. The number of benzene rings is 1. The highest BCUT2D eigenvalue weighted by atomic mass is 79.9. The Morgan fingerprint density at radius 1 is 1.15 bits per heavy atom. The van der Waals surface area contributed by atoms with Gasteiger partial charge in [0.2, 0.25) is 11.7 Å². The summed E-state index contributed by atoms with van der Waals surface area (Å²) in [7, 11) is 4.67. The quantitative estimate of drug-likeness (QED) is 0.541. The molecule has 1 aromatic carbocycles. The number of thiophene rings is 1. The van der Waals surface area contributed by atoms with Crippen LogP contribution in [-0.2, 0) is 17.0 Å². The lowest BCUT2D eigenvalue weighted by Gasteiger charge is -2.14. The summed E-state index contributed by atoms with van der Waals surface area (Å²) in [5.74, 6) is 3.42. The first-order chi connectivity index (χ1) is 12.6. The normalized spacial score (nSPS) is 10.5. The molecule has 1 N–H and O–H groups in total. The predicted octanol–water partition coefficient (Wildman–Crippen LogP) is 4.13. The molecule has 0 aliphatic carbocycles. The van der Waals surface area contributed by atoms with Gasteiger partial charge in [0, 0.05) is 22.9 Å². The van der Waals surface area contributed by atoms with Crippen molar-refractivity contribution in [3.8, 4) is 17.2 Å². The zero-order valence-electron chi connectivity index (χ0n) is 15.0. The molecule has 1 aromatic heterocycles. The Labute approximate surface area is 170 Å². The fourth-order valence-corrected chi connectivity index (χ4v) is 4.80. The summed E-state index contributed by atoms with van der Waals surface area (Å²) < 4.78 is 17.1. The Kier molecular flexibility index (Phi) is 8.61. The number of halogens is 1. The van der Waals surface area contributed by atoms with E-state index in [2.05, 4.69) is 33.4 Å². The number of rotatable bonds is 10. The van der Waals surface area contributed by atoms with Gasteiger partial charge in [-0.1, -0.05) is 0 Å². The van der Waals surface area contributed by atoms with Crippen molar-refractivity contribution < 1.29 is 19.0 Å². The van der Waals surface area contributed by atoms with Gasteiger partial charge in [0.05, 0.1) is 31.5 Å². The molecule has 2 rings (SSSR count). The predicted molar refractivity (Wildman–Crippen MR) is 111 cm³/mol. The second-order valence-corrected chi connectivity index (χ2v) is 8.97. The SMILES string of the molecule is COc1cc(CC(=O)NCCSCc2ccc(Br)s2)cc(OC)c1OC. The number of amides is 1. The fraction of sp³-hybridized carbons (Fsp3) is 0.389. The van der Waals surface area contributed by atoms with Gasteiger partial charge in [-0.05, 0) is 45.8 Å². The minimum Gasteiger partial charge on any atom is -0.493 e. The molecule has 1 amide bonds. The van der Waals surface area contributed by atoms with Crippen LogP contribution in [0, 0.1) is 0 Å². The lowest BCUT2D eigenvalue weighted by atomic mass is 10.1. The van der Waals surface area contributed by atoms with Crippen LogP contribution in [-0.4, -0.2) is 39.5 Å². The molecule has 142 valence electrons. The van der Waals surface area contributed by atoms with E-state index in [0.29, 0.717) is 23.8 Å². The molecular formula is C18H22BrNO4S2. The third-order valence-corrected chi connectivity index (χ3v) is 6.35. The third-order valence-electron chi connectivity index (χ3n) is 3.53. The molecule has 0 bridgehead atoms. The minimum atomic E-state index is -0.0289. The molecule has 0 aliphatic rings. The zero-order chi connectivity index (χ0) is 18.9. The second-order valence-electron chi connectivity index (χ2n) is 5.32. The highest BCUT2D eigenvalue weighted by Crippen LogP contribution is 2.38. The molecule has 0 saturated carbocycles. The van der Waals surface area contributed by atoms with Crippen molar-refractivity contribution in [2.45, 2.75) is 12.2 Å². The van der Waals surface area contributed by atoms with Gasteiger partial charge in [0.25, 0.3) is 0 Å². The van der Waals surface area contributed by atoms with Crippen molar-refractivity contribution in [3.63, 3.8) is 0 Å². The summed E-state index contributed by atoms with van der Waals surface area (Å²) in [6.07, 6.45) is 0.263. The molecule has 5 nitrogen and oxygen atoms in total. The molecule has 0 saturated heterocycles. The number of thioether (sulfide) groups is 1. The maximum absolute atomic E-state index is 12.2. The zero-order valence-corrected chi connectivity index (χ0v) is 18.2. The highest BCUT2D eigenvalue weighted by molar-refractivity contribution is 9.11. The largest absolute Gasteiger partial charge is 0.493 e. The van der Waals surface area contributed by atoms with Crippen molar-refractivity contribution >= 4 is 44.9 Å². The molecule has 0 spiro atoms. The molecular weight excluding hydrogens is 438 g/mol. The first kappa shape index (κ1) is 20.9. The van der Waals surface area contributed by atoms with Crippen LogP contribution in [0.3, 0.4) is 0 Å². The Morgan fingerprint density at radius 2 is 1.85 bits per heavy atom. The maximum Gasteiger partial charge on any atom is 0.224 e. The highest BCUT2D eigenvalue weighted by Gasteiger charge is 2.14. The van der Waals surface area contributed by atoms with Gasteiger partial charge in [-0.3, -0.25) is 4.79 Å². The van der Waals surface area contributed by atoms with E-state index in [1.807, 2.05) is 0 Å². The molecule has 0 fully saturated rings. The van der Waals surface area contributed by atoms with E-state index in [1.165, 1.54) is 4.88 Å². The number of nitrogens with one attached hydrogen (secondary N) is 1. The first-order valence-electron chi connectivity index (χ1n) is 7.95. The smallest absolute Gasteiger partial charge is 0.224 e. The molecule has 0 unspecified atom stereocenters. The first-order valence-corrected chi connectivity index (χ1v) is 10.7. The summed E-state index contributed by atoms with van der Waals surface area (Å²) >= 11 is 7.00. The number of methoxy groups -OCH3 is 3. The van der Waals surface area contributed by atoms with Crippen LogP contribution in [0.15, 0.2) is 28.1 Å². The molecule has 0 aliphatic heterocycles. The van der Waals surface area contributed by atoms with E-state index in [9.17, 15) is 4.79 Å². The van der Waals surface area contributed by atoms with E-state index in [0.717, 1.165) is 20.9 Å². The molecule has 26 heavy (non-hydrogen) atoms. The number of hydrogen-bond acceptors (Lipinski definition) is 6. The fourth-order valence-electron chi connectivity index (χ4n) is 2.35. The third kappa shape index (κ3) is 6.10. The Bertz CT molecular complexity index is 711. The van der Waals surface area contributed by atoms with Gasteiger partial charge in [0.1, 0.15) is 0 Å². The van der Waals surface area contributed by atoms with Crippen LogP contribution in [0.4, 0.5) is 0 Å². The van der Waals surface area contributed by atoms with Gasteiger partial charge < -0.3 is 19.5 Å². The standard InChI is InChI=1S/C18H22BrNO4S2/c1-22-14-8-12(9-15(23-2)18(14)24-3)10-17(21)20-6-7-25-11-13-4-5-16(19)26-13/h4-5,8-9H,6-7,10-11H2,1-3H3,(H,20,21). The summed E-state index contributed by atoms with van der Waals surface area (Å²) in [6.45, 7) is 0.639. The number of ether oxygens (including phenoxy) is 3. The second kappa shape index (κ2) is 10.7. The van der Waals surface area contributed by atoms with Crippen LogP contribution in [0.5, 0.6) is 17.2 Å². The summed E-state index contributed by atoms with van der Waals surface area (Å²) in [4.78, 5) is 13.5. The van der Waals surface area contributed by atoms with E-state index in [-0.39, 0.29) is 12.3 Å². The Morgan fingerprint density at radius 3 is 2.38 bits per heavy atom. The lowest BCUT2D eigenvalue weighted by Crippen LogP contribution is -2.27. The van der Waals surface area contributed by atoms with Crippen LogP contribution in [0.1, 0.15) is 10.4 Å². The summed E-state index contributed by atoms with van der Waals surface area (Å²) in [5, 5.41) is 2.95. The molecule has 2 aromatic rings. The van der Waals surface area contributed by atoms with Crippen LogP contribution < -0.4 is 19.5 Å². The topological polar surface area (TPSA) is 56.8 Å². The lowest BCUT2D eigenvalue weighted by molar-refractivity contribution is -0.120. The van der Waals surface area contributed by atoms with Crippen molar-refractivity contribution in [1.29, 1.82) is 0 Å². The average Bonchev–Trinajstić information content (AvgIpc) is 3.05. The van der Waals surface area contributed by atoms with Gasteiger partial charge in [-0.15, -0.1) is 11.3 Å². The number of carbonyl (C=O) groups excluding carboxylic acids is 1. The van der Waals surface area contributed by atoms with E-state index < -0.39 is 0 Å². The van der Waals surface area contributed by atoms with Gasteiger partial charge in [0.15, 0.2) is 11.5 Å². The van der Waals surface area contributed by atoms with Crippen molar-refractivity contribution in [3.05, 3.63) is 38.5 Å². The summed E-state index contributed by atoms with van der Waals surface area (Å²) in [6, 6.07) is 7.76. The van der Waals surface area contributed by atoms with Gasteiger partial charge in [-0.25, -0.2) is 0 Å². The van der Waals surface area contributed by atoms with Crippen LogP contribution in [0.25, 0.3) is 0 Å². The van der Waals surface area contributed by atoms with E-state index >= 15 is 0 Å². The minimum absolute atomic E-state index is 0.0289. The van der Waals surface area contributed by atoms with Crippen molar-refractivity contribution in [2.24, 2.45) is 0 Å². The van der Waals surface area contributed by atoms with Crippen molar-refractivity contribution in [1.82, 2.24) is 5.32 Å². The number of hydrogen-bond donors (Lipinski definition) is 1. The van der Waals surface area contributed by atoms with Crippen LogP contribution >= 0.6 is 39.0 Å². The molecule has 0 radical (unpaired) electrons. The summed E-state index contributed by atoms with van der Waals surface area (Å²) in [5.41, 5.74) is 0.813. The molecule has 0 atom stereocenters. The van der Waals surface area contributed by atoms with E-state index in [4.69, 9.17) is 14.2 Å². The molecule has 8 heteroatoms.